The Morgan fingerprint density at radius 3 is 2.70 bits per heavy atom. The van der Waals surface area contributed by atoms with Crippen LogP contribution >= 0.6 is 11.8 Å². The fraction of sp³-hybridized carbons (Fsp3) is 0.348. The highest BCUT2D eigenvalue weighted by Crippen LogP contribution is 2.41. The lowest BCUT2D eigenvalue weighted by Crippen LogP contribution is -2.49. The van der Waals surface area contributed by atoms with Gasteiger partial charge in [-0.15, -0.1) is 11.8 Å². The first-order valence-corrected chi connectivity index (χ1v) is 11.2. The number of amides is 1. The van der Waals surface area contributed by atoms with Gasteiger partial charge < -0.3 is 15.5 Å². The first-order valence-electron chi connectivity index (χ1n) is 10.4. The van der Waals surface area contributed by atoms with E-state index in [2.05, 4.69) is 59.8 Å². The van der Waals surface area contributed by atoms with Crippen molar-refractivity contribution in [2.75, 3.05) is 31.5 Å². The van der Waals surface area contributed by atoms with Crippen molar-refractivity contribution in [2.45, 2.75) is 30.4 Å². The standard InChI is InChI=1S/C23H25N5OS/c1-14-9-15(2)11-17(10-14)26-23-25-13-16-3-4-19-18(21(16)27-23)12-20(30-19)22(29)28-7-5-24-6-8-28/h3-4,9-11,13,20,24H,5-8,12H2,1-2H3,(H,25,26,27). The van der Waals surface area contributed by atoms with Crippen molar-refractivity contribution >= 4 is 40.2 Å². The Kier molecular flexibility index (Phi) is 5.08. The molecular weight excluding hydrogens is 394 g/mol. The predicted octanol–water partition coefficient (Wildman–Crippen LogP) is 3.44. The average Bonchev–Trinajstić information content (AvgIpc) is 3.18. The van der Waals surface area contributed by atoms with Crippen LogP contribution in [0.2, 0.25) is 0 Å². The lowest BCUT2D eigenvalue weighted by molar-refractivity contribution is -0.131. The van der Waals surface area contributed by atoms with Crippen molar-refractivity contribution in [3.63, 3.8) is 0 Å². The highest BCUT2D eigenvalue weighted by Gasteiger charge is 2.33. The van der Waals surface area contributed by atoms with Gasteiger partial charge in [-0.1, -0.05) is 12.1 Å². The molecule has 2 aliphatic rings. The SMILES string of the molecule is Cc1cc(C)cc(Nc2ncc3ccc4c(c3n2)CC(C(=O)N2CCNCC2)S4)c1. The van der Waals surface area contributed by atoms with Crippen LogP contribution in [0.3, 0.4) is 0 Å². The van der Waals surface area contributed by atoms with E-state index in [-0.39, 0.29) is 11.2 Å². The number of rotatable bonds is 3. The number of carbonyl (C=O) groups excluding carboxylic acids is 1. The molecule has 154 valence electrons. The van der Waals surface area contributed by atoms with Crippen LogP contribution in [0.4, 0.5) is 11.6 Å². The fourth-order valence-corrected chi connectivity index (χ4v) is 5.56. The second-order valence-corrected chi connectivity index (χ2v) is 9.31. The molecule has 0 bridgehead atoms. The number of benzene rings is 2. The number of nitrogens with one attached hydrogen (secondary N) is 2. The van der Waals surface area contributed by atoms with E-state index in [0.717, 1.165) is 59.6 Å². The molecule has 3 heterocycles. The van der Waals surface area contributed by atoms with E-state index < -0.39 is 0 Å². The van der Waals surface area contributed by atoms with Crippen molar-refractivity contribution in [1.29, 1.82) is 0 Å². The summed E-state index contributed by atoms with van der Waals surface area (Å²) in [6, 6.07) is 10.5. The molecule has 7 heteroatoms. The summed E-state index contributed by atoms with van der Waals surface area (Å²) >= 11 is 1.67. The van der Waals surface area contributed by atoms with Crippen LogP contribution in [-0.2, 0) is 11.2 Å². The number of piperazine rings is 1. The number of fused-ring (bicyclic) bond motifs is 3. The molecule has 0 aliphatic carbocycles. The molecule has 3 aromatic rings. The summed E-state index contributed by atoms with van der Waals surface area (Å²) in [5.41, 5.74) is 5.49. The molecule has 1 aromatic heterocycles. The van der Waals surface area contributed by atoms with Gasteiger partial charge in [0.2, 0.25) is 11.9 Å². The van der Waals surface area contributed by atoms with Crippen molar-refractivity contribution < 1.29 is 4.79 Å². The van der Waals surface area contributed by atoms with Crippen LogP contribution in [0.15, 0.2) is 41.4 Å². The van der Waals surface area contributed by atoms with Gasteiger partial charge in [-0.25, -0.2) is 9.97 Å². The van der Waals surface area contributed by atoms with Gasteiger partial charge >= 0.3 is 0 Å². The van der Waals surface area contributed by atoms with Crippen LogP contribution in [0, 0.1) is 13.8 Å². The largest absolute Gasteiger partial charge is 0.339 e. The molecule has 0 saturated carbocycles. The maximum atomic E-state index is 13.0. The topological polar surface area (TPSA) is 70.2 Å². The molecule has 0 radical (unpaired) electrons. The summed E-state index contributed by atoms with van der Waals surface area (Å²) < 4.78 is 0. The molecular formula is C23H25N5OS. The van der Waals surface area contributed by atoms with E-state index >= 15 is 0 Å². The minimum absolute atomic E-state index is 0.0607. The second kappa shape index (κ2) is 7.89. The Morgan fingerprint density at radius 1 is 1.17 bits per heavy atom. The van der Waals surface area contributed by atoms with Crippen molar-refractivity contribution in [3.05, 3.63) is 53.2 Å². The van der Waals surface area contributed by atoms with Crippen LogP contribution < -0.4 is 10.6 Å². The molecule has 6 nitrogen and oxygen atoms in total. The van der Waals surface area contributed by atoms with Gasteiger partial charge in [0.15, 0.2) is 0 Å². The smallest absolute Gasteiger partial charge is 0.236 e. The lowest BCUT2D eigenvalue weighted by atomic mass is 10.1. The van der Waals surface area contributed by atoms with Crippen LogP contribution in [0.5, 0.6) is 0 Å². The number of aryl methyl sites for hydroxylation is 2. The van der Waals surface area contributed by atoms with Crippen LogP contribution in [0.1, 0.15) is 16.7 Å². The molecule has 30 heavy (non-hydrogen) atoms. The number of carbonyl (C=O) groups is 1. The van der Waals surface area contributed by atoms with Gasteiger partial charge in [-0.2, -0.15) is 0 Å². The minimum Gasteiger partial charge on any atom is -0.339 e. The molecule has 2 N–H and O–H groups in total. The van der Waals surface area contributed by atoms with E-state index in [1.165, 1.54) is 11.1 Å². The van der Waals surface area contributed by atoms with Crippen molar-refractivity contribution in [2.24, 2.45) is 0 Å². The van der Waals surface area contributed by atoms with Crippen molar-refractivity contribution in [3.8, 4) is 0 Å². The third kappa shape index (κ3) is 3.75. The summed E-state index contributed by atoms with van der Waals surface area (Å²) in [7, 11) is 0. The summed E-state index contributed by atoms with van der Waals surface area (Å²) in [6.45, 7) is 7.50. The molecule has 1 atom stereocenters. The Bertz CT molecular complexity index is 1110. The van der Waals surface area contributed by atoms with Crippen molar-refractivity contribution in [1.82, 2.24) is 20.2 Å². The molecule has 2 aliphatic heterocycles. The third-order valence-corrected chi connectivity index (χ3v) is 6.94. The summed E-state index contributed by atoms with van der Waals surface area (Å²) in [5.74, 6) is 0.830. The molecule has 1 unspecified atom stereocenters. The summed E-state index contributed by atoms with van der Waals surface area (Å²) in [6.07, 6.45) is 2.59. The molecule has 2 aromatic carbocycles. The molecule has 1 amide bonds. The van der Waals surface area contributed by atoms with E-state index in [4.69, 9.17) is 4.98 Å². The third-order valence-electron chi connectivity index (χ3n) is 5.66. The van der Waals surface area contributed by atoms with Gasteiger partial charge in [-0.05, 0) is 55.2 Å². The Hall–Kier alpha value is -2.64. The monoisotopic (exact) mass is 419 g/mol. The van der Waals surface area contributed by atoms with Gasteiger partial charge in [-0.3, -0.25) is 4.79 Å². The molecule has 1 saturated heterocycles. The van der Waals surface area contributed by atoms with E-state index in [1.54, 1.807) is 11.8 Å². The average molecular weight is 420 g/mol. The highest BCUT2D eigenvalue weighted by molar-refractivity contribution is 8.01. The quantitative estimate of drug-likeness (QED) is 0.678. The fourth-order valence-electron chi connectivity index (χ4n) is 4.29. The lowest BCUT2D eigenvalue weighted by Gasteiger charge is -2.29. The van der Waals surface area contributed by atoms with Crippen LogP contribution in [-0.4, -0.2) is 52.2 Å². The van der Waals surface area contributed by atoms with Gasteiger partial charge in [0.05, 0.1) is 10.8 Å². The Labute approximate surface area is 180 Å². The van der Waals surface area contributed by atoms with E-state index in [1.807, 2.05) is 11.1 Å². The van der Waals surface area contributed by atoms with Gasteiger partial charge in [0, 0.05) is 48.3 Å². The van der Waals surface area contributed by atoms with Crippen LogP contribution in [0.25, 0.3) is 10.9 Å². The number of nitrogens with zero attached hydrogens (tertiary/aromatic N) is 3. The summed E-state index contributed by atoms with van der Waals surface area (Å²) in [5, 5.41) is 7.60. The zero-order chi connectivity index (χ0) is 20.7. The van der Waals surface area contributed by atoms with Gasteiger partial charge in [0.25, 0.3) is 0 Å². The number of thioether (sulfide) groups is 1. The zero-order valence-electron chi connectivity index (χ0n) is 17.2. The number of anilines is 2. The summed E-state index contributed by atoms with van der Waals surface area (Å²) in [4.78, 5) is 25.5. The first-order chi connectivity index (χ1) is 14.6. The highest BCUT2D eigenvalue weighted by atomic mass is 32.2. The minimum atomic E-state index is -0.0607. The number of hydrogen-bond donors (Lipinski definition) is 2. The number of aromatic nitrogens is 2. The van der Waals surface area contributed by atoms with Gasteiger partial charge in [0.1, 0.15) is 0 Å². The zero-order valence-corrected chi connectivity index (χ0v) is 18.1. The van der Waals surface area contributed by atoms with E-state index in [9.17, 15) is 4.79 Å². The van der Waals surface area contributed by atoms with E-state index in [0.29, 0.717) is 5.95 Å². The molecule has 1 fully saturated rings. The molecule has 0 spiro atoms. The predicted molar refractivity (Wildman–Crippen MR) is 122 cm³/mol. The normalized spacial score (nSPS) is 18.5. The Balaban J connectivity index is 1.42. The first kappa shape index (κ1) is 19.3. The molecule has 5 rings (SSSR count). The Morgan fingerprint density at radius 2 is 1.93 bits per heavy atom. The second-order valence-electron chi connectivity index (χ2n) is 8.06. The maximum Gasteiger partial charge on any atom is 0.236 e. The maximum absolute atomic E-state index is 13.0. The number of hydrogen-bond acceptors (Lipinski definition) is 6.